The molecule has 0 heterocycles. The van der Waals surface area contributed by atoms with E-state index in [2.05, 4.69) is 17.5 Å². The number of hydrogen-bond acceptors (Lipinski definition) is 3. The van der Waals surface area contributed by atoms with Gasteiger partial charge in [0.05, 0.1) is 12.0 Å². The molecule has 134 valence electrons. The van der Waals surface area contributed by atoms with Crippen molar-refractivity contribution >= 4 is 11.6 Å². The number of rotatable bonds is 5. The van der Waals surface area contributed by atoms with Crippen molar-refractivity contribution in [2.45, 2.75) is 46.0 Å². The summed E-state index contributed by atoms with van der Waals surface area (Å²) < 4.78 is 5.70. The van der Waals surface area contributed by atoms with Gasteiger partial charge in [-0.3, -0.25) is 4.79 Å². The maximum atomic E-state index is 13.1. The van der Waals surface area contributed by atoms with Crippen LogP contribution in [0.3, 0.4) is 0 Å². The highest BCUT2D eigenvalue weighted by atomic mass is 16.6. The van der Waals surface area contributed by atoms with Crippen molar-refractivity contribution in [1.82, 2.24) is 0 Å². The first-order chi connectivity index (χ1) is 11.9. The van der Waals surface area contributed by atoms with Crippen LogP contribution < -0.4 is 5.32 Å². The van der Waals surface area contributed by atoms with Crippen LogP contribution in [0.5, 0.6) is 0 Å². The largest absolute Gasteiger partial charge is 0.368 e. The van der Waals surface area contributed by atoms with E-state index in [1.807, 2.05) is 45.0 Å². The summed E-state index contributed by atoms with van der Waals surface area (Å²) in [7, 11) is 0. The molecule has 5 unspecified atom stereocenters. The van der Waals surface area contributed by atoms with Crippen LogP contribution in [0.15, 0.2) is 36.4 Å². The van der Waals surface area contributed by atoms with E-state index in [0.717, 1.165) is 24.1 Å². The van der Waals surface area contributed by atoms with Crippen LogP contribution >= 0.6 is 0 Å². The number of ether oxygens (including phenoxy) is 1. The fourth-order valence-electron chi connectivity index (χ4n) is 5.03. The second-order valence-electron chi connectivity index (χ2n) is 8.20. The molecular weight excluding hydrogens is 314 g/mol. The average Bonchev–Trinajstić information content (AvgIpc) is 3.22. The normalized spacial score (nSPS) is 32.4. The number of hydrogen-bond donors (Lipinski definition) is 2. The number of carbonyl (C=O) groups is 1. The summed E-state index contributed by atoms with van der Waals surface area (Å²) in [5, 5.41) is 13.7. The summed E-state index contributed by atoms with van der Waals surface area (Å²) in [6.45, 7) is 5.86. The number of allylic oxidation sites excluding steroid dienone is 2. The van der Waals surface area contributed by atoms with Crippen molar-refractivity contribution in [2.24, 2.45) is 29.1 Å². The highest BCUT2D eigenvalue weighted by Gasteiger charge is 2.69. The zero-order valence-electron chi connectivity index (χ0n) is 15.1. The lowest BCUT2D eigenvalue weighted by Crippen LogP contribution is -2.40. The van der Waals surface area contributed by atoms with Gasteiger partial charge in [-0.05, 0) is 63.0 Å². The highest BCUT2D eigenvalue weighted by molar-refractivity contribution is 5.94. The van der Waals surface area contributed by atoms with Crippen LogP contribution in [0.4, 0.5) is 5.69 Å². The lowest BCUT2D eigenvalue weighted by molar-refractivity contribution is -0.174. The maximum absolute atomic E-state index is 13.1. The number of aryl methyl sites for hydroxylation is 1. The Hall–Kier alpha value is -1.65. The number of aliphatic hydroxyl groups excluding tert-OH is 1. The van der Waals surface area contributed by atoms with Crippen LogP contribution in [0.2, 0.25) is 0 Å². The third-order valence-corrected chi connectivity index (χ3v) is 6.26. The van der Waals surface area contributed by atoms with Crippen LogP contribution in [0, 0.1) is 36.0 Å². The first-order valence-corrected chi connectivity index (χ1v) is 9.32. The van der Waals surface area contributed by atoms with Gasteiger partial charge in [0.15, 0.2) is 6.29 Å². The summed E-state index contributed by atoms with van der Waals surface area (Å²) in [5.74, 6) is 0.0830. The zero-order chi connectivity index (χ0) is 17.8. The number of aliphatic hydroxyl groups is 1. The quantitative estimate of drug-likeness (QED) is 0.636. The van der Waals surface area contributed by atoms with Crippen molar-refractivity contribution in [3.63, 3.8) is 0 Å². The molecule has 4 heteroatoms. The number of anilines is 1. The molecule has 1 aromatic carbocycles. The standard InChI is InChI=1S/C21H27NO3/c1-12(2)25-20(24)18-16-9-8-15(21(16)10-11-21)17(18)19(23)22-14-6-4-13(3)5-7-14/h4-9,12,15-18,20,24H,10-11H2,1-3H3,(H,22,23). The Morgan fingerprint density at radius 2 is 1.84 bits per heavy atom. The summed E-state index contributed by atoms with van der Waals surface area (Å²) in [4.78, 5) is 13.1. The third-order valence-electron chi connectivity index (χ3n) is 6.26. The van der Waals surface area contributed by atoms with E-state index in [1.165, 1.54) is 0 Å². The average molecular weight is 341 g/mol. The molecule has 1 amide bonds. The van der Waals surface area contributed by atoms with Crippen molar-refractivity contribution in [2.75, 3.05) is 5.32 Å². The highest BCUT2D eigenvalue weighted by Crippen LogP contribution is 2.72. The predicted octanol–water partition coefficient (Wildman–Crippen LogP) is 3.51. The molecule has 0 aromatic heterocycles. The molecule has 0 saturated heterocycles. The summed E-state index contributed by atoms with van der Waals surface area (Å²) in [6, 6.07) is 7.85. The topological polar surface area (TPSA) is 58.6 Å². The number of amides is 1. The van der Waals surface area contributed by atoms with Crippen LogP contribution in [-0.2, 0) is 9.53 Å². The molecule has 0 radical (unpaired) electrons. The second kappa shape index (κ2) is 5.96. The third kappa shape index (κ3) is 2.72. The monoisotopic (exact) mass is 341 g/mol. The van der Waals surface area contributed by atoms with Crippen molar-refractivity contribution < 1.29 is 14.6 Å². The van der Waals surface area contributed by atoms with Gasteiger partial charge in [-0.25, -0.2) is 0 Å². The van der Waals surface area contributed by atoms with Gasteiger partial charge in [0.2, 0.25) is 5.91 Å². The van der Waals surface area contributed by atoms with E-state index in [9.17, 15) is 9.90 Å². The van der Waals surface area contributed by atoms with Crippen molar-refractivity contribution in [3.05, 3.63) is 42.0 Å². The molecule has 0 aliphatic heterocycles. The molecule has 1 aromatic rings. The molecule has 2 saturated carbocycles. The Kier molecular flexibility index (Phi) is 4.00. The minimum Gasteiger partial charge on any atom is -0.368 e. The molecule has 25 heavy (non-hydrogen) atoms. The van der Waals surface area contributed by atoms with E-state index in [1.54, 1.807) is 0 Å². The Morgan fingerprint density at radius 1 is 1.20 bits per heavy atom. The first kappa shape index (κ1) is 16.8. The molecule has 3 aliphatic rings. The van der Waals surface area contributed by atoms with Gasteiger partial charge in [-0.15, -0.1) is 0 Å². The fourth-order valence-corrected chi connectivity index (χ4v) is 5.03. The molecule has 1 spiro atoms. The van der Waals surface area contributed by atoms with Gasteiger partial charge in [0, 0.05) is 11.6 Å². The molecule has 4 nitrogen and oxygen atoms in total. The summed E-state index contributed by atoms with van der Waals surface area (Å²) in [5.41, 5.74) is 2.17. The molecule has 2 bridgehead atoms. The summed E-state index contributed by atoms with van der Waals surface area (Å²) in [6.07, 6.45) is 5.75. The van der Waals surface area contributed by atoms with Gasteiger partial charge in [-0.1, -0.05) is 29.8 Å². The number of benzene rings is 1. The fraction of sp³-hybridized carbons (Fsp3) is 0.571. The summed E-state index contributed by atoms with van der Waals surface area (Å²) >= 11 is 0. The van der Waals surface area contributed by atoms with E-state index < -0.39 is 6.29 Å². The van der Waals surface area contributed by atoms with Gasteiger partial charge in [0.25, 0.3) is 0 Å². The molecule has 4 rings (SSSR count). The van der Waals surface area contributed by atoms with Crippen LogP contribution in [0.25, 0.3) is 0 Å². The number of carbonyl (C=O) groups excluding carboxylic acids is 1. The van der Waals surface area contributed by atoms with Crippen molar-refractivity contribution in [3.8, 4) is 0 Å². The predicted molar refractivity (Wildman–Crippen MR) is 96.8 cm³/mol. The van der Waals surface area contributed by atoms with Gasteiger partial charge in [0.1, 0.15) is 0 Å². The second-order valence-corrected chi connectivity index (χ2v) is 8.20. The Balaban J connectivity index is 1.58. The van der Waals surface area contributed by atoms with Crippen molar-refractivity contribution in [1.29, 1.82) is 0 Å². The van der Waals surface area contributed by atoms with Gasteiger partial charge < -0.3 is 15.2 Å². The molecular formula is C21H27NO3. The lowest BCUT2D eigenvalue weighted by atomic mass is 9.81. The van der Waals surface area contributed by atoms with E-state index in [-0.39, 0.29) is 41.1 Å². The molecule has 2 fully saturated rings. The smallest absolute Gasteiger partial charge is 0.228 e. The van der Waals surface area contributed by atoms with Crippen LogP contribution in [0.1, 0.15) is 32.3 Å². The Bertz CT molecular complexity index is 690. The van der Waals surface area contributed by atoms with Gasteiger partial charge >= 0.3 is 0 Å². The molecule has 3 aliphatic carbocycles. The van der Waals surface area contributed by atoms with E-state index in [4.69, 9.17) is 4.74 Å². The first-order valence-electron chi connectivity index (χ1n) is 9.32. The molecule has 5 atom stereocenters. The Labute approximate surface area is 149 Å². The van der Waals surface area contributed by atoms with E-state index >= 15 is 0 Å². The number of nitrogens with one attached hydrogen (secondary N) is 1. The minimum absolute atomic E-state index is 0.00313. The van der Waals surface area contributed by atoms with Gasteiger partial charge in [-0.2, -0.15) is 0 Å². The SMILES string of the molecule is Cc1ccc(NC(=O)C2C(C(O)OC(C)C)C3C=CC2C32CC2)cc1. The minimum atomic E-state index is -0.897. The Morgan fingerprint density at radius 3 is 2.44 bits per heavy atom. The van der Waals surface area contributed by atoms with E-state index in [0.29, 0.717) is 0 Å². The maximum Gasteiger partial charge on any atom is 0.228 e. The molecule has 2 N–H and O–H groups in total. The zero-order valence-corrected chi connectivity index (χ0v) is 15.1. The van der Waals surface area contributed by atoms with Crippen LogP contribution in [-0.4, -0.2) is 23.4 Å². The lowest BCUT2D eigenvalue weighted by Gasteiger charge is -2.31.